The average Bonchev–Trinajstić information content (AvgIpc) is 3.43. The lowest BCUT2D eigenvalue weighted by molar-refractivity contribution is 0.0910. The first-order valence-electron chi connectivity index (χ1n) is 10.2. The molecule has 0 unspecified atom stereocenters. The number of carbonyl (C=O) groups is 1. The van der Waals surface area contributed by atoms with Crippen LogP contribution in [-0.2, 0) is 16.6 Å². The minimum absolute atomic E-state index is 0.0824. The Morgan fingerprint density at radius 2 is 1.72 bits per heavy atom. The van der Waals surface area contributed by atoms with Crippen LogP contribution in [0.1, 0.15) is 40.9 Å². The molecule has 2 aliphatic rings. The normalized spacial score (nSPS) is 19.4. The molecule has 1 amide bonds. The number of thiophene rings is 1. The predicted molar refractivity (Wildman–Crippen MR) is 115 cm³/mol. The number of sulfonamides is 1. The molecule has 0 bridgehead atoms. The van der Waals surface area contributed by atoms with E-state index in [2.05, 4.69) is 34.5 Å². The van der Waals surface area contributed by atoms with E-state index in [1.807, 2.05) is 6.07 Å². The summed E-state index contributed by atoms with van der Waals surface area (Å²) in [6.07, 6.45) is 3.51. The highest BCUT2D eigenvalue weighted by Crippen LogP contribution is 2.28. The monoisotopic (exact) mass is 433 g/mol. The number of hydrogen-bond acceptors (Lipinski definition) is 5. The van der Waals surface area contributed by atoms with Gasteiger partial charge in [-0.05, 0) is 42.7 Å². The van der Waals surface area contributed by atoms with Crippen LogP contribution in [0, 0.1) is 0 Å². The zero-order chi connectivity index (χ0) is 20.3. The van der Waals surface area contributed by atoms with Crippen LogP contribution in [0.15, 0.2) is 46.7 Å². The molecule has 4 rings (SSSR count). The molecule has 3 heterocycles. The fourth-order valence-corrected chi connectivity index (χ4v) is 6.88. The number of benzene rings is 1. The van der Waals surface area contributed by atoms with Crippen LogP contribution >= 0.6 is 11.3 Å². The summed E-state index contributed by atoms with van der Waals surface area (Å²) < 4.78 is 27.2. The molecular weight excluding hydrogens is 406 g/mol. The molecule has 156 valence electrons. The van der Waals surface area contributed by atoms with Gasteiger partial charge >= 0.3 is 0 Å². The molecule has 6 nitrogen and oxygen atoms in total. The second kappa shape index (κ2) is 8.95. The van der Waals surface area contributed by atoms with Gasteiger partial charge in [0, 0.05) is 38.8 Å². The van der Waals surface area contributed by atoms with Crippen molar-refractivity contribution in [2.24, 2.45) is 0 Å². The minimum atomic E-state index is -3.58. The van der Waals surface area contributed by atoms with Crippen molar-refractivity contribution in [1.29, 1.82) is 0 Å². The van der Waals surface area contributed by atoms with E-state index in [-0.39, 0.29) is 16.8 Å². The lowest BCUT2D eigenvalue weighted by atomic mass is 10.0. The number of likely N-dealkylation sites (tertiary alicyclic amines) is 1. The summed E-state index contributed by atoms with van der Waals surface area (Å²) >= 11 is 1.21. The van der Waals surface area contributed by atoms with Gasteiger partial charge in [0.15, 0.2) is 0 Å². The Kier molecular flexibility index (Phi) is 6.34. The van der Waals surface area contributed by atoms with Crippen LogP contribution in [0.25, 0.3) is 0 Å². The van der Waals surface area contributed by atoms with E-state index in [0.717, 1.165) is 45.3 Å². The SMILES string of the molecule is O=C(NC1CCN(Cc2ccccc2)CC1)c1sccc1S(=O)(=O)N1CCCC1. The van der Waals surface area contributed by atoms with E-state index in [1.165, 1.54) is 21.2 Å². The predicted octanol–water partition coefficient (Wildman–Crippen LogP) is 2.93. The summed E-state index contributed by atoms with van der Waals surface area (Å²) in [6, 6.07) is 12.0. The summed E-state index contributed by atoms with van der Waals surface area (Å²) in [5, 5.41) is 4.77. The molecule has 29 heavy (non-hydrogen) atoms. The summed E-state index contributed by atoms with van der Waals surface area (Å²) in [4.78, 5) is 15.7. The Bertz CT molecular complexity index is 929. The standard InChI is InChI=1S/C21H27N3O3S2/c25-21(20-19(10-15-28-20)29(26,27)24-11-4-5-12-24)22-18-8-13-23(14-9-18)16-17-6-2-1-3-7-17/h1-3,6-7,10,15,18H,4-5,8-9,11-14,16H2,(H,22,25). The van der Waals surface area contributed by atoms with Crippen LogP contribution < -0.4 is 5.32 Å². The summed E-state index contributed by atoms with van der Waals surface area (Å²) in [6.45, 7) is 3.84. The second-order valence-electron chi connectivity index (χ2n) is 7.73. The quantitative estimate of drug-likeness (QED) is 0.761. The van der Waals surface area contributed by atoms with Gasteiger partial charge in [0.1, 0.15) is 9.77 Å². The number of hydrogen-bond donors (Lipinski definition) is 1. The fourth-order valence-electron chi connectivity index (χ4n) is 4.06. The molecule has 2 aromatic rings. The van der Waals surface area contributed by atoms with Gasteiger partial charge in [-0.25, -0.2) is 8.42 Å². The first kappa shape index (κ1) is 20.5. The Balaban J connectivity index is 1.35. The maximum atomic E-state index is 12.9. The first-order chi connectivity index (χ1) is 14.0. The van der Waals surface area contributed by atoms with Crippen LogP contribution in [0.5, 0.6) is 0 Å². The van der Waals surface area contributed by atoms with Crippen molar-refractivity contribution in [2.45, 2.75) is 43.2 Å². The van der Waals surface area contributed by atoms with Crippen LogP contribution in [-0.4, -0.2) is 55.8 Å². The number of rotatable bonds is 6. The highest BCUT2D eigenvalue weighted by molar-refractivity contribution is 7.89. The molecule has 1 aromatic heterocycles. The van der Waals surface area contributed by atoms with Crippen molar-refractivity contribution in [3.63, 3.8) is 0 Å². The zero-order valence-corrected chi connectivity index (χ0v) is 18.1. The van der Waals surface area contributed by atoms with Gasteiger partial charge in [0.25, 0.3) is 5.91 Å². The van der Waals surface area contributed by atoms with Crippen molar-refractivity contribution in [1.82, 2.24) is 14.5 Å². The Hall–Kier alpha value is -1.74. The van der Waals surface area contributed by atoms with Crippen LogP contribution in [0.4, 0.5) is 0 Å². The van der Waals surface area contributed by atoms with E-state index in [1.54, 1.807) is 11.4 Å². The van der Waals surface area contributed by atoms with Crippen molar-refractivity contribution in [3.05, 3.63) is 52.2 Å². The van der Waals surface area contributed by atoms with E-state index in [0.29, 0.717) is 18.0 Å². The third kappa shape index (κ3) is 4.71. The summed E-state index contributed by atoms with van der Waals surface area (Å²) in [7, 11) is -3.58. The second-order valence-corrected chi connectivity index (χ2v) is 10.6. The van der Waals surface area contributed by atoms with E-state index >= 15 is 0 Å². The van der Waals surface area contributed by atoms with Gasteiger partial charge in [0.05, 0.1) is 0 Å². The molecule has 0 radical (unpaired) electrons. The average molecular weight is 434 g/mol. The Morgan fingerprint density at radius 3 is 2.41 bits per heavy atom. The lowest BCUT2D eigenvalue weighted by Crippen LogP contribution is -2.44. The van der Waals surface area contributed by atoms with Crippen molar-refractivity contribution < 1.29 is 13.2 Å². The molecule has 0 saturated carbocycles. The van der Waals surface area contributed by atoms with Crippen molar-refractivity contribution in [2.75, 3.05) is 26.2 Å². The topological polar surface area (TPSA) is 69.7 Å². The molecule has 2 saturated heterocycles. The number of carbonyl (C=O) groups excluding carboxylic acids is 1. The zero-order valence-electron chi connectivity index (χ0n) is 16.4. The first-order valence-corrected chi connectivity index (χ1v) is 12.5. The summed E-state index contributed by atoms with van der Waals surface area (Å²) in [5.41, 5.74) is 1.30. The van der Waals surface area contributed by atoms with Crippen LogP contribution in [0.2, 0.25) is 0 Å². The molecule has 2 fully saturated rings. The van der Waals surface area contributed by atoms with Gasteiger partial charge in [0.2, 0.25) is 10.0 Å². The molecule has 0 aliphatic carbocycles. The van der Waals surface area contributed by atoms with Crippen LogP contribution in [0.3, 0.4) is 0 Å². The smallest absolute Gasteiger partial charge is 0.262 e. The molecule has 0 spiro atoms. The Labute approximate surface area is 176 Å². The van der Waals surface area contributed by atoms with E-state index < -0.39 is 10.0 Å². The van der Waals surface area contributed by atoms with Gasteiger partial charge in [-0.3, -0.25) is 9.69 Å². The third-order valence-corrected chi connectivity index (χ3v) is 8.67. The van der Waals surface area contributed by atoms with E-state index in [4.69, 9.17) is 0 Å². The molecule has 2 aliphatic heterocycles. The molecule has 1 aromatic carbocycles. The third-order valence-electron chi connectivity index (χ3n) is 5.69. The Morgan fingerprint density at radius 1 is 1.03 bits per heavy atom. The molecule has 0 atom stereocenters. The lowest BCUT2D eigenvalue weighted by Gasteiger charge is -2.32. The van der Waals surface area contributed by atoms with Gasteiger partial charge in [-0.15, -0.1) is 11.3 Å². The van der Waals surface area contributed by atoms with Gasteiger partial charge in [-0.1, -0.05) is 30.3 Å². The fraction of sp³-hybridized carbons (Fsp3) is 0.476. The molecule has 8 heteroatoms. The van der Waals surface area contributed by atoms with Gasteiger partial charge in [-0.2, -0.15) is 4.31 Å². The maximum Gasteiger partial charge on any atom is 0.262 e. The van der Waals surface area contributed by atoms with Gasteiger partial charge < -0.3 is 5.32 Å². The van der Waals surface area contributed by atoms with E-state index in [9.17, 15) is 13.2 Å². The highest BCUT2D eigenvalue weighted by atomic mass is 32.2. The minimum Gasteiger partial charge on any atom is -0.348 e. The number of nitrogens with one attached hydrogen (secondary N) is 1. The summed E-state index contributed by atoms with van der Waals surface area (Å²) in [5.74, 6) is -0.265. The van der Waals surface area contributed by atoms with Crippen molar-refractivity contribution in [3.8, 4) is 0 Å². The van der Waals surface area contributed by atoms with Crippen molar-refractivity contribution >= 4 is 27.3 Å². The highest BCUT2D eigenvalue weighted by Gasteiger charge is 2.32. The molecular formula is C21H27N3O3S2. The maximum absolute atomic E-state index is 12.9. The number of amides is 1. The number of nitrogens with zero attached hydrogens (tertiary/aromatic N) is 2. The largest absolute Gasteiger partial charge is 0.348 e. The number of piperidine rings is 1. The molecule has 1 N–H and O–H groups in total.